The average Bonchev–Trinajstić information content (AvgIpc) is 2.81. The van der Waals surface area contributed by atoms with Crippen molar-refractivity contribution in [3.8, 4) is 0 Å². The van der Waals surface area contributed by atoms with Gasteiger partial charge in [0, 0.05) is 16.9 Å². The van der Waals surface area contributed by atoms with Gasteiger partial charge in [-0.1, -0.05) is 18.2 Å². The van der Waals surface area contributed by atoms with E-state index in [1.165, 1.54) is 0 Å². The molecule has 2 rings (SSSR count). The third-order valence-electron chi connectivity index (χ3n) is 3.41. The second-order valence-electron chi connectivity index (χ2n) is 6.47. The summed E-state index contributed by atoms with van der Waals surface area (Å²) in [5, 5.41) is 17.0. The maximum Gasteiger partial charge on any atom is 0.276 e. The lowest BCUT2D eigenvalue weighted by molar-refractivity contribution is 0.102. The van der Waals surface area contributed by atoms with E-state index in [1.807, 2.05) is 44.5 Å². The van der Waals surface area contributed by atoms with Gasteiger partial charge in [-0.3, -0.25) is 9.48 Å². The van der Waals surface area contributed by atoms with Gasteiger partial charge in [0.25, 0.3) is 5.91 Å². The van der Waals surface area contributed by atoms with Crippen LogP contribution in [0.5, 0.6) is 0 Å². The second kappa shape index (κ2) is 5.93. The largest absolute Gasteiger partial charge is 0.389 e. The van der Waals surface area contributed by atoms with E-state index in [0.717, 1.165) is 5.69 Å². The molecule has 0 fully saturated rings. The molecule has 0 aliphatic rings. The number of nitrogens with zero attached hydrogens (tertiary/aromatic N) is 2. The number of para-hydroxylation sites is 1. The number of nitrogens with one attached hydrogen (secondary N) is 1. The van der Waals surface area contributed by atoms with E-state index in [4.69, 9.17) is 0 Å². The molecule has 5 nitrogen and oxygen atoms in total. The molecule has 0 bridgehead atoms. The van der Waals surface area contributed by atoms with Crippen LogP contribution in [0.4, 0.5) is 5.69 Å². The summed E-state index contributed by atoms with van der Waals surface area (Å²) in [7, 11) is 0. The van der Waals surface area contributed by atoms with Gasteiger partial charge in [-0.15, -0.1) is 0 Å². The first-order valence-electron chi connectivity index (χ1n) is 7.35. The summed E-state index contributed by atoms with van der Waals surface area (Å²) in [5.41, 5.74) is 2.41. The van der Waals surface area contributed by atoms with Crippen LogP contribution in [0.3, 0.4) is 0 Å². The Hall–Kier alpha value is -2.14. The lowest BCUT2D eigenvalue weighted by Gasteiger charge is -2.21. The molecule has 0 saturated heterocycles. The maximum atomic E-state index is 12.4. The van der Waals surface area contributed by atoms with Crippen molar-refractivity contribution in [2.75, 3.05) is 5.32 Å². The van der Waals surface area contributed by atoms with E-state index in [9.17, 15) is 9.90 Å². The molecule has 0 aliphatic heterocycles. The predicted molar refractivity (Wildman–Crippen MR) is 87.0 cm³/mol. The highest BCUT2D eigenvalue weighted by Crippen LogP contribution is 2.23. The van der Waals surface area contributed by atoms with Crippen LogP contribution in [0.15, 0.2) is 30.3 Å². The fourth-order valence-corrected chi connectivity index (χ4v) is 2.43. The van der Waals surface area contributed by atoms with Crippen LogP contribution in [0.25, 0.3) is 0 Å². The summed E-state index contributed by atoms with van der Waals surface area (Å²) in [5.74, 6) is -0.279. The normalized spacial score (nSPS) is 13.0. The van der Waals surface area contributed by atoms with Gasteiger partial charge in [-0.2, -0.15) is 5.10 Å². The van der Waals surface area contributed by atoms with E-state index in [0.29, 0.717) is 16.9 Å². The van der Waals surface area contributed by atoms with Crippen molar-refractivity contribution in [2.24, 2.45) is 0 Å². The summed E-state index contributed by atoms with van der Waals surface area (Å²) in [6.45, 7) is 9.72. The number of aliphatic hydroxyl groups excluding tert-OH is 1. The van der Waals surface area contributed by atoms with Crippen LogP contribution in [0.1, 0.15) is 55.5 Å². The Bertz CT molecular complexity index is 681. The number of benzene rings is 1. The van der Waals surface area contributed by atoms with Crippen LogP contribution in [0, 0.1) is 6.92 Å². The molecule has 0 spiro atoms. The first-order chi connectivity index (χ1) is 10.2. The molecule has 1 atom stereocenters. The van der Waals surface area contributed by atoms with Gasteiger partial charge < -0.3 is 10.4 Å². The molecule has 22 heavy (non-hydrogen) atoms. The zero-order valence-corrected chi connectivity index (χ0v) is 13.7. The number of amides is 1. The fourth-order valence-electron chi connectivity index (χ4n) is 2.43. The highest BCUT2D eigenvalue weighted by Gasteiger charge is 2.21. The van der Waals surface area contributed by atoms with E-state index >= 15 is 0 Å². The minimum Gasteiger partial charge on any atom is -0.389 e. The van der Waals surface area contributed by atoms with Gasteiger partial charge in [0.15, 0.2) is 5.69 Å². The number of carbonyl (C=O) groups is 1. The van der Waals surface area contributed by atoms with Gasteiger partial charge in [-0.25, -0.2) is 0 Å². The molecule has 0 saturated carbocycles. The van der Waals surface area contributed by atoms with Gasteiger partial charge in [0.05, 0.1) is 11.6 Å². The summed E-state index contributed by atoms with van der Waals surface area (Å²) in [6, 6.07) is 8.98. The van der Waals surface area contributed by atoms with Crippen LogP contribution >= 0.6 is 0 Å². The lowest BCUT2D eigenvalue weighted by atomic mass is 10.1. The Morgan fingerprint density at radius 1 is 1.32 bits per heavy atom. The van der Waals surface area contributed by atoms with Crippen molar-refractivity contribution in [2.45, 2.75) is 46.3 Å². The third kappa shape index (κ3) is 3.36. The molecule has 0 aliphatic carbocycles. The SMILES string of the molecule is Cc1cc(C(=O)Nc2ccccc2[C@@H](C)O)nn1C(C)(C)C. The zero-order chi connectivity index (χ0) is 16.5. The second-order valence-corrected chi connectivity index (χ2v) is 6.47. The first-order valence-corrected chi connectivity index (χ1v) is 7.35. The van der Waals surface area contributed by atoms with Crippen LogP contribution in [-0.4, -0.2) is 20.8 Å². The highest BCUT2D eigenvalue weighted by atomic mass is 16.3. The van der Waals surface area contributed by atoms with Crippen LogP contribution in [0.2, 0.25) is 0 Å². The quantitative estimate of drug-likeness (QED) is 0.914. The van der Waals surface area contributed by atoms with Crippen molar-refractivity contribution in [3.63, 3.8) is 0 Å². The standard InChI is InChI=1S/C17H23N3O2/c1-11-10-15(19-20(11)17(3,4)5)16(22)18-14-9-7-6-8-13(14)12(2)21/h6-10,12,21H,1-5H3,(H,18,22)/t12-/m1/s1. The number of aryl methyl sites for hydroxylation is 1. The molecule has 1 heterocycles. The first kappa shape index (κ1) is 16.2. The van der Waals surface area contributed by atoms with Gasteiger partial charge >= 0.3 is 0 Å². The Balaban J connectivity index is 2.28. The molecule has 0 radical (unpaired) electrons. The zero-order valence-electron chi connectivity index (χ0n) is 13.7. The van der Waals surface area contributed by atoms with E-state index < -0.39 is 6.10 Å². The molecule has 1 aromatic carbocycles. The topological polar surface area (TPSA) is 67.2 Å². The molecule has 2 N–H and O–H groups in total. The van der Waals surface area contributed by atoms with Crippen LogP contribution < -0.4 is 5.32 Å². The minimum absolute atomic E-state index is 0.180. The number of carbonyl (C=O) groups excluding carboxylic acids is 1. The van der Waals surface area contributed by atoms with Crippen molar-refractivity contribution < 1.29 is 9.90 Å². The summed E-state index contributed by atoms with van der Waals surface area (Å²) >= 11 is 0. The molecule has 1 aromatic heterocycles. The number of aromatic nitrogens is 2. The van der Waals surface area contributed by atoms with E-state index in [1.54, 1.807) is 25.1 Å². The van der Waals surface area contributed by atoms with Crippen molar-refractivity contribution >= 4 is 11.6 Å². The third-order valence-corrected chi connectivity index (χ3v) is 3.41. The van der Waals surface area contributed by atoms with Crippen LogP contribution in [-0.2, 0) is 5.54 Å². The molecule has 5 heteroatoms. The van der Waals surface area contributed by atoms with Gasteiger partial charge in [0.1, 0.15) is 0 Å². The molecular formula is C17H23N3O2. The van der Waals surface area contributed by atoms with Gasteiger partial charge in [-0.05, 0) is 46.8 Å². The number of rotatable bonds is 3. The molecule has 1 amide bonds. The number of anilines is 1. The average molecular weight is 301 g/mol. The number of hydrogen-bond acceptors (Lipinski definition) is 3. The maximum absolute atomic E-state index is 12.4. The lowest BCUT2D eigenvalue weighted by Crippen LogP contribution is -2.25. The smallest absolute Gasteiger partial charge is 0.276 e. The van der Waals surface area contributed by atoms with Crippen molar-refractivity contribution in [1.82, 2.24) is 9.78 Å². The molecule has 2 aromatic rings. The number of aliphatic hydroxyl groups is 1. The highest BCUT2D eigenvalue weighted by molar-refractivity contribution is 6.03. The molecule has 118 valence electrons. The Kier molecular flexibility index (Phi) is 4.37. The monoisotopic (exact) mass is 301 g/mol. The summed E-state index contributed by atoms with van der Waals surface area (Å²) < 4.78 is 1.84. The molecular weight excluding hydrogens is 278 g/mol. The van der Waals surface area contributed by atoms with Crippen molar-refractivity contribution in [1.29, 1.82) is 0 Å². The predicted octanol–water partition coefficient (Wildman–Crippen LogP) is 3.25. The Morgan fingerprint density at radius 3 is 2.50 bits per heavy atom. The Labute approximate surface area is 131 Å². The van der Waals surface area contributed by atoms with Crippen molar-refractivity contribution in [3.05, 3.63) is 47.3 Å². The minimum atomic E-state index is -0.648. The fraction of sp³-hybridized carbons (Fsp3) is 0.412. The summed E-state index contributed by atoms with van der Waals surface area (Å²) in [6.07, 6.45) is -0.648. The van der Waals surface area contributed by atoms with Gasteiger partial charge in [0.2, 0.25) is 0 Å². The number of hydrogen-bond donors (Lipinski definition) is 2. The summed E-state index contributed by atoms with van der Waals surface area (Å²) in [4.78, 5) is 12.4. The molecule has 0 unspecified atom stereocenters. The Morgan fingerprint density at radius 2 is 1.95 bits per heavy atom. The van der Waals surface area contributed by atoms with E-state index in [2.05, 4.69) is 10.4 Å². The van der Waals surface area contributed by atoms with E-state index in [-0.39, 0.29) is 11.4 Å².